The van der Waals surface area contributed by atoms with Crippen molar-refractivity contribution in [2.45, 2.75) is 9.55 Å². The van der Waals surface area contributed by atoms with Crippen molar-refractivity contribution in [1.29, 1.82) is 0 Å². The molecule has 0 aliphatic carbocycles. The number of nitrogens with zero attached hydrogens (tertiary/aromatic N) is 2. The first-order valence-electron chi connectivity index (χ1n) is 3.44. The van der Waals surface area contributed by atoms with Gasteiger partial charge in [0.25, 0.3) is 9.84 Å². The van der Waals surface area contributed by atoms with Crippen molar-refractivity contribution >= 4 is 31.3 Å². The van der Waals surface area contributed by atoms with E-state index in [9.17, 15) is 43.5 Å². The van der Waals surface area contributed by atoms with Crippen LogP contribution < -0.4 is 0 Å². The Bertz CT molecular complexity index is 487. The summed E-state index contributed by atoms with van der Waals surface area (Å²) in [6.07, 6.45) is 0. The highest BCUT2D eigenvalue weighted by molar-refractivity contribution is 8.11. The molecule has 6 nitrogen and oxygen atoms in total. The average molecular weight is 345 g/mol. The van der Waals surface area contributed by atoms with Crippen molar-refractivity contribution in [2.75, 3.05) is 5.88 Å². The smallest absolute Gasteiger partial charge is 0.225 e. The summed E-state index contributed by atoms with van der Waals surface area (Å²) in [6, 6.07) is 0. The van der Waals surface area contributed by atoms with Crippen LogP contribution in [0.2, 0.25) is 0 Å². The number of hydrazine groups is 1. The molecule has 0 heterocycles. The summed E-state index contributed by atoms with van der Waals surface area (Å²) in [7, 11) is -11.9. The third-order valence-electron chi connectivity index (χ3n) is 1.30. The predicted octanol–water partition coefficient (Wildman–Crippen LogP) is 0.988. The summed E-state index contributed by atoms with van der Waals surface area (Å²) in [4.78, 5) is 0. The Morgan fingerprint density at radius 2 is 1.44 bits per heavy atom. The van der Waals surface area contributed by atoms with Crippen molar-refractivity contribution in [3.63, 3.8) is 0 Å². The zero-order valence-electron chi connectivity index (χ0n) is 7.77. The quantitative estimate of drug-likeness (QED) is 0.320. The van der Waals surface area contributed by atoms with E-state index in [4.69, 9.17) is 0 Å². The standard InChI is InChI=1S/C3H3ClF6N2O4S2/c4-2(18(15,16)3(5,6)7)17(13,14)1-11(8)12(9)10/h2H,1H2. The molecule has 1 atom stereocenters. The summed E-state index contributed by atoms with van der Waals surface area (Å²) in [5, 5.41) is -1.84. The van der Waals surface area contributed by atoms with Crippen LogP contribution in [-0.4, -0.2) is 42.9 Å². The molecule has 0 aromatic rings. The van der Waals surface area contributed by atoms with Crippen molar-refractivity contribution in [3.8, 4) is 0 Å². The SMILES string of the molecule is O=S(=O)(CN(F)N(F)F)C(Cl)S(=O)(=O)C(F)(F)F. The number of hydrogen-bond acceptors (Lipinski definition) is 6. The van der Waals surface area contributed by atoms with E-state index in [1.807, 2.05) is 0 Å². The largest absolute Gasteiger partial charge is 0.499 e. The van der Waals surface area contributed by atoms with Gasteiger partial charge in [0.2, 0.25) is 4.04 Å². The van der Waals surface area contributed by atoms with E-state index in [1.165, 1.54) is 0 Å². The molecule has 110 valence electrons. The minimum absolute atomic E-state index is 1.84. The molecule has 18 heavy (non-hydrogen) atoms. The lowest BCUT2D eigenvalue weighted by Gasteiger charge is -2.16. The topological polar surface area (TPSA) is 74.8 Å². The van der Waals surface area contributed by atoms with Crippen LogP contribution >= 0.6 is 11.6 Å². The third kappa shape index (κ3) is 3.84. The summed E-state index contributed by atoms with van der Waals surface area (Å²) in [6.45, 7) is 0. The Hall–Kier alpha value is -0.310. The molecule has 0 fully saturated rings. The minimum Gasteiger partial charge on any atom is -0.225 e. The van der Waals surface area contributed by atoms with Gasteiger partial charge in [-0.05, 0) is 5.23 Å². The molecule has 0 spiro atoms. The zero-order chi connectivity index (χ0) is 14.9. The molecular formula is C3H3ClF6N2O4S2. The van der Waals surface area contributed by atoms with Gasteiger partial charge < -0.3 is 0 Å². The maximum atomic E-state index is 12.2. The van der Waals surface area contributed by atoms with Gasteiger partial charge in [-0.1, -0.05) is 20.6 Å². The fraction of sp³-hybridized carbons (Fsp3) is 1.00. The predicted molar refractivity (Wildman–Crippen MR) is 45.4 cm³/mol. The van der Waals surface area contributed by atoms with Crippen LogP contribution in [0.3, 0.4) is 0 Å². The second kappa shape index (κ2) is 5.36. The lowest BCUT2D eigenvalue weighted by Crippen LogP contribution is -2.40. The molecule has 0 saturated carbocycles. The number of sulfone groups is 2. The van der Waals surface area contributed by atoms with E-state index in [2.05, 4.69) is 11.6 Å². The first-order chi connectivity index (χ1) is 7.73. The van der Waals surface area contributed by atoms with E-state index in [1.54, 1.807) is 0 Å². The fourth-order valence-electron chi connectivity index (χ4n) is 0.549. The van der Waals surface area contributed by atoms with Crippen LogP contribution in [0.1, 0.15) is 0 Å². The lowest BCUT2D eigenvalue weighted by atomic mass is 11.5. The summed E-state index contributed by atoms with van der Waals surface area (Å²) in [5.74, 6) is -2.37. The van der Waals surface area contributed by atoms with E-state index in [-0.39, 0.29) is 0 Å². The van der Waals surface area contributed by atoms with Gasteiger partial charge in [-0.15, -0.1) is 4.48 Å². The van der Waals surface area contributed by atoms with Crippen molar-refractivity contribution in [1.82, 2.24) is 10.7 Å². The van der Waals surface area contributed by atoms with E-state index < -0.39 is 45.8 Å². The van der Waals surface area contributed by atoms with Crippen LogP contribution in [0.5, 0.6) is 0 Å². The first-order valence-corrected chi connectivity index (χ1v) is 7.14. The van der Waals surface area contributed by atoms with E-state index >= 15 is 0 Å². The minimum atomic E-state index is -6.38. The van der Waals surface area contributed by atoms with Crippen molar-refractivity contribution in [2.24, 2.45) is 0 Å². The Kier molecular flexibility index (Phi) is 5.27. The van der Waals surface area contributed by atoms with Gasteiger partial charge in [0, 0.05) is 0 Å². The van der Waals surface area contributed by atoms with E-state index in [0.717, 1.165) is 0 Å². The highest BCUT2D eigenvalue weighted by Crippen LogP contribution is 2.32. The maximum Gasteiger partial charge on any atom is 0.499 e. The van der Waals surface area contributed by atoms with Gasteiger partial charge in [0.15, 0.2) is 15.7 Å². The molecule has 0 aromatic heterocycles. The average Bonchev–Trinajstić information content (AvgIpc) is 2.13. The molecule has 0 aliphatic rings. The monoisotopic (exact) mass is 344 g/mol. The lowest BCUT2D eigenvalue weighted by molar-refractivity contribution is -0.363. The van der Waals surface area contributed by atoms with E-state index in [0.29, 0.717) is 0 Å². The first kappa shape index (κ1) is 17.7. The molecule has 0 N–H and O–H groups in total. The molecule has 15 heteroatoms. The van der Waals surface area contributed by atoms with Crippen molar-refractivity contribution in [3.05, 3.63) is 0 Å². The van der Waals surface area contributed by atoms with Crippen LogP contribution in [0.25, 0.3) is 0 Å². The molecule has 0 saturated heterocycles. The molecular weight excluding hydrogens is 342 g/mol. The summed E-state index contributed by atoms with van der Waals surface area (Å²) >= 11 is 4.54. The van der Waals surface area contributed by atoms with Crippen LogP contribution in [0.15, 0.2) is 0 Å². The molecule has 0 aromatic carbocycles. The Morgan fingerprint density at radius 3 is 1.72 bits per heavy atom. The Balaban J connectivity index is 5.30. The van der Waals surface area contributed by atoms with Gasteiger partial charge in [-0.3, -0.25) is 0 Å². The maximum absolute atomic E-state index is 12.2. The number of rotatable bonds is 5. The molecule has 0 radical (unpaired) electrons. The Labute approximate surface area is 101 Å². The van der Waals surface area contributed by atoms with Crippen LogP contribution in [0, 0.1) is 0 Å². The molecule has 0 rings (SSSR count). The summed E-state index contributed by atoms with van der Waals surface area (Å²) < 4.78 is 110. The second-order valence-corrected chi connectivity index (χ2v) is 7.94. The number of hydrogen-bond donors (Lipinski definition) is 0. The molecule has 0 bridgehead atoms. The highest BCUT2D eigenvalue weighted by atomic mass is 35.5. The second-order valence-electron chi connectivity index (χ2n) is 2.61. The zero-order valence-corrected chi connectivity index (χ0v) is 10.2. The van der Waals surface area contributed by atoms with Crippen LogP contribution in [0.4, 0.5) is 26.6 Å². The molecule has 0 amide bonds. The van der Waals surface area contributed by atoms with Gasteiger partial charge in [0.1, 0.15) is 5.45 Å². The van der Waals surface area contributed by atoms with Gasteiger partial charge in [0.05, 0.1) is 0 Å². The van der Waals surface area contributed by atoms with Crippen LogP contribution in [-0.2, 0) is 19.7 Å². The van der Waals surface area contributed by atoms with Gasteiger partial charge >= 0.3 is 5.51 Å². The molecule has 1 unspecified atom stereocenters. The highest BCUT2D eigenvalue weighted by Gasteiger charge is 2.55. The fourth-order valence-corrected chi connectivity index (χ4v) is 3.79. The normalized spacial score (nSPS) is 16.3. The van der Waals surface area contributed by atoms with Gasteiger partial charge in [-0.25, -0.2) is 16.8 Å². The number of alkyl halides is 4. The number of halogens is 7. The third-order valence-corrected chi connectivity index (χ3v) is 6.73. The Morgan fingerprint density at radius 1 is 1.06 bits per heavy atom. The van der Waals surface area contributed by atoms with Crippen molar-refractivity contribution < 1.29 is 43.5 Å². The van der Waals surface area contributed by atoms with Gasteiger partial charge in [-0.2, -0.15) is 13.2 Å². The summed E-state index contributed by atoms with van der Waals surface area (Å²) in [5.41, 5.74) is -8.44. The molecule has 0 aliphatic heterocycles.